The Hall–Kier alpha value is -2.04. The van der Waals surface area contributed by atoms with Gasteiger partial charge in [0.2, 0.25) is 17.7 Å². The molecule has 10 nitrogen and oxygen atoms in total. The molecule has 1 aliphatic rings. The Kier molecular flexibility index (Phi) is 15.6. The van der Waals surface area contributed by atoms with Gasteiger partial charge >= 0.3 is 0 Å². The molecule has 0 saturated carbocycles. The van der Waals surface area contributed by atoms with Crippen molar-refractivity contribution in [2.24, 2.45) is 23.7 Å². The van der Waals surface area contributed by atoms with E-state index in [2.05, 4.69) is 19.2 Å². The molecular formula is C32H60N4O6. The Morgan fingerprint density at radius 1 is 0.952 bits per heavy atom. The smallest absolute Gasteiger partial charge is 0.245 e. The summed E-state index contributed by atoms with van der Waals surface area (Å²) >= 11 is 0. The minimum Gasteiger partial charge on any atom is -0.379 e. The predicted octanol–water partition coefficient (Wildman–Crippen LogP) is 3.22. The highest BCUT2D eigenvalue weighted by atomic mass is 16.5. The number of likely N-dealkylation sites (N-methyl/N-ethyl adjacent to an activating group) is 2. The Labute approximate surface area is 255 Å². The molecule has 0 aromatic heterocycles. The lowest BCUT2D eigenvalue weighted by Crippen LogP contribution is -2.59. The summed E-state index contributed by atoms with van der Waals surface area (Å²) in [6, 6.07) is -1.66. The average Bonchev–Trinajstić information content (AvgIpc) is 3.39. The van der Waals surface area contributed by atoms with Crippen molar-refractivity contribution in [1.29, 1.82) is 0 Å². The van der Waals surface area contributed by atoms with Crippen LogP contribution < -0.4 is 5.32 Å². The van der Waals surface area contributed by atoms with Gasteiger partial charge in [-0.25, -0.2) is 0 Å². The minimum absolute atomic E-state index is 0.0317. The summed E-state index contributed by atoms with van der Waals surface area (Å²) in [5.41, 5.74) is 0. The van der Waals surface area contributed by atoms with Crippen LogP contribution in [0.15, 0.2) is 0 Å². The summed E-state index contributed by atoms with van der Waals surface area (Å²) in [6.45, 7) is 15.9. The van der Waals surface area contributed by atoms with Crippen LogP contribution in [0.2, 0.25) is 0 Å². The van der Waals surface area contributed by atoms with Gasteiger partial charge in [0.15, 0.2) is 0 Å². The van der Waals surface area contributed by atoms with Crippen molar-refractivity contribution in [3.8, 4) is 0 Å². The SMILES string of the molecule is CCC(C)[C@@H]([C@@H](CC(=O)N1CCC[C@H]1[C@H](OC)[C@@H](C)C(C)=O)OC)N(C)C(=O)C(NC(=O)[C@H](C(C)C)N(C)C)C(C)C. The zero-order chi connectivity index (χ0) is 32.5. The van der Waals surface area contributed by atoms with Gasteiger partial charge in [0.05, 0.1) is 36.8 Å². The van der Waals surface area contributed by atoms with Gasteiger partial charge in [-0.1, -0.05) is 54.9 Å². The number of Topliss-reactive ketones (excluding diaryl/α,β-unsaturated/α-hetero) is 1. The largest absolute Gasteiger partial charge is 0.379 e. The van der Waals surface area contributed by atoms with E-state index < -0.39 is 12.1 Å². The van der Waals surface area contributed by atoms with Crippen molar-refractivity contribution in [1.82, 2.24) is 20.0 Å². The van der Waals surface area contributed by atoms with E-state index in [0.717, 1.165) is 19.3 Å². The molecule has 10 heteroatoms. The summed E-state index contributed by atoms with van der Waals surface area (Å²) in [4.78, 5) is 58.6. The summed E-state index contributed by atoms with van der Waals surface area (Å²) in [7, 11) is 8.64. The zero-order valence-corrected chi connectivity index (χ0v) is 28.6. The van der Waals surface area contributed by atoms with E-state index >= 15 is 0 Å². The second-order valence-corrected chi connectivity index (χ2v) is 13.1. The average molecular weight is 597 g/mol. The molecule has 8 atom stereocenters. The molecule has 42 heavy (non-hydrogen) atoms. The van der Waals surface area contributed by atoms with E-state index in [0.29, 0.717) is 6.54 Å². The van der Waals surface area contributed by atoms with Crippen LogP contribution in [0.1, 0.15) is 81.1 Å². The number of rotatable bonds is 17. The number of carbonyl (C=O) groups is 4. The third-order valence-corrected chi connectivity index (χ3v) is 9.17. The van der Waals surface area contributed by atoms with E-state index in [-0.39, 0.29) is 77.8 Å². The molecule has 1 rings (SSSR count). The van der Waals surface area contributed by atoms with Crippen molar-refractivity contribution in [3.05, 3.63) is 0 Å². The van der Waals surface area contributed by atoms with E-state index in [4.69, 9.17) is 9.47 Å². The molecule has 1 heterocycles. The maximum Gasteiger partial charge on any atom is 0.245 e. The van der Waals surface area contributed by atoms with Crippen molar-refractivity contribution in [3.63, 3.8) is 0 Å². The number of ether oxygens (including phenoxy) is 2. The van der Waals surface area contributed by atoms with E-state index in [1.54, 1.807) is 33.1 Å². The number of nitrogens with zero attached hydrogens (tertiary/aromatic N) is 3. The fraction of sp³-hybridized carbons (Fsp3) is 0.875. The van der Waals surface area contributed by atoms with Crippen molar-refractivity contribution in [2.75, 3.05) is 41.9 Å². The summed E-state index contributed by atoms with van der Waals surface area (Å²) < 4.78 is 11.7. The molecule has 1 saturated heterocycles. The number of carbonyl (C=O) groups excluding carboxylic acids is 4. The Balaban J connectivity index is 3.26. The normalized spacial score (nSPS) is 20.7. The molecule has 2 unspecified atom stereocenters. The van der Waals surface area contributed by atoms with Crippen molar-refractivity contribution in [2.45, 2.75) is 117 Å². The highest BCUT2D eigenvalue weighted by molar-refractivity contribution is 5.90. The van der Waals surface area contributed by atoms with Gasteiger partial charge < -0.3 is 24.6 Å². The number of amides is 3. The first kappa shape index (κ1) is 38.0. The lowest BCUT2D eigenvalue weighted by molar-refractivity contribution is -0.147. The van der Waals surface area contributed by atoms with Gasteiger partial charge in [0, 0.05) is 33.7 Å². The fourth-order valence-corrected chi connectivity index (χ4v) is 6.49. The zero-order valence-electron chi connectivity index (χ0n) is 28.6. The molecule has 0 aromatic carbocycles. The van der Waals surface area contributed by atoms with Gasteiger partial charge in [-0.15, -0.1) is 0 Å². The molecular weight excluding hydrogens is 536 g/mol. The molecule has 3 amide bonds. The number of hydrogen-bond donors (Lipinski definition) is 1. The van der Waals surface area contributed by atoms with Crippen LogP contribution in [0.3, 0.4) is 0 Å². The number of methoxy groups -OCH3 is 2. The predicted molar refractivity (Wildman–Crippen MR) is 166 cm³/mol. The Bertz CT molecular complexity index is 886. The highest BCUT2D eigenvalue weighted by Gasteiger charge is 2.42. The Morgan fingerprint density at radius 3 is 1.98 bits per heavy atom. The van der Waals surface area contributed by atoms with Gasteiger partial charge in [-0.05, 0) is 51.6 Å². The van der Waals surface area contributed by atoms with Crippen LogP contribution in [0.25, 0.3) is 0 Å². The summed E-state index contributed by atoms with van der Waals surface area (Å²) in [6.07, 6.45) is 1.55. The third-order valence-electron chi connectivity index (χ3n) is 9.17. The first-order valence-corrected chi connectivity index (χ1v) is 15.6. The maximum atomic E-state index is 14.0. The molecule has 0 bridgehead atoms. The standard InChI is InChI=1S/C32H60N4O6/c1-14-21(6)29(35(11)32(40)27(19(2)3)33-31(39)28(20(4)5)34(9)10)25(41-12)18-26(38)36-17-15-16-24(36)30(42-13)22(7)23(8)37/h19-22,24-25,27-30H,14-18H2,1-13H3,(H,33,39)/t21?,22-,24-,25+,27?,28-,29-,30+/m0/s1. The molecule has 0 aliphatic carbocycles. The van der Waals surface area contributed by atoms with E-state index in [9.17, 15) is 19.2 Å². The quantitative estimate of drug-likeness (QED) is 0.275. The van der Waals surface area contributed by atoms with Crippen LogP contribution >= 0.6 is 0 Å². The van der Waals surface area contributed by atoms with Crippen LogP contribution in [0, 0.1) is 23.7 Å². The lowest BCUT2D eigenvalue weighted by Gasteiger charge is -2.41. The van der Waals surface area contributed by atoms with Crippen molar-refractivity contribution < 1.29 is 28.7 Å². The summed E-state index contributed by atoms with van der Waals surface area (Å²) in [5, 5.41) is 3.03. The van der Waals surface area contributed by atoms with Crippen LogP contribution in [-0.2, 0) is 28.7 Å². The van der Waals surface area contributed by atoms with Gasteiger partial charge in [0.1, 0.15) is 11.8 Å². The minimum atomic E-state index is -0.720. The molecule has 0 spiro atoms. The molecule has 1 N–H and O–H groups in total. The maximum absolute atomic E-state index is 14.0. The van der Waals surface area contributed by atoms with E-state index in [1.807, 2.05) is 58.5 Å². The topological polar surface area (TPSA) is 108 Å². The monoisotopic (exact) mass is 596 g/mol. The third kappa shape index (κ3) is 9.48. The molecule has 0 aromatic rings. The second-order valence-electron chi connectivity index (χ2n) is 13.1. The number of likely N-dealkylation sites (tertiary alicyclic amines) is 1. The summed E-state index contributed by atoms with van der Waals surface area (Å²) in [5.74, 6) is -0.782. The first-order chi connectivity index (χ1) is 19.5. The number of ketones is 1. The molecule has 1 aliphatic heterocycles. The highest BCUT2D eigenvalue weighted by Crippen LogP contribution is 2.29. The van der Waals surface area contributed by atoms with Gasteiger partial charge in [0.25, 0.3) is 0 Å². The second kappa shape index (κ2) is 17.3. The number of hydrogen-bond acceptors (Lipinski definition) is 7. The lowest BCUT2D eigenvalue weighted by atomic mass is 9.89. The Morgan fingerprint density at radius 2 is 1.55 bits per heavy atom. The van der Waals surface area contributed by atoms with Gasteiger partial charge in [-0.2, -0.15) is 0 Å². The fourth-order valence-electron chi connectivity index (χ4n) is 6.49. The van der Waals surface area contributed by atoms with Crippen LogP contribution in [-0.4, -0.2) is 116 Å². The molecule has 0 radical (unpaired) electrons. The first-order valence-electron chi connectivity index (χ1n) is 15.6. The number of nitrogens with one attached hydrogen (secondary N) is 1. The molecule has 1 fully saturated rings. The molecule has 244 valence electrons. The van der Waals surface area contributed by atoms with Crippen molar-refractivity contribution >= 4 is 23.5 Å². The van der Waals surface area contributed by atoms with Crippen LogP contribution in [0.4, 0.5) is 0 Å². The van der Waals surface area contributed by atoms with Crippen LogP contribution in [0.5, 0.6) is 0 Å². The van der Waals surface area contributed by atoms with E-state index in [1.165, 1.54) is 0 Å². The van der Waals surface area contributed by atoms with Gasteiger partial charge in [-0.3, -0.25) is 24.1 Å².